The van der Waals surface area contributed by atoms with Crippen molar-refractivity contribution in [2.75, 3.05) is 35.3 Å². The summed E-state index contributed by atoms with van der Waals surface area (Å²) in [5.41, 5.74) is 0.463. The molecule has 1 aliphatic heterocycles. The summed E-state index contributed by atoms with van der Waals surface area (Å²) in [6.45, 7) is 3.58. The largest absolute Gasteiger partial charge is 0.467 e. The molecular formula is C34H38F3N9O3. The fourth-order valence-electron chi connectivity index (χ4n) is 6.28. The number of rotatable bonds is 9. The minimum atomic E-state index is -4.63. The molecule has 0 spiro atoms. The first-order chi connectivity index (χ1) is 23.4. The van der Waals surface area contributed by atoms with Crippen LogP contribution in [0.5, 0.6) is 6.01 Å². The smallest absolute Gasteiger partial charge is 0.421 e. The first-order valence-corrected chi connectivity index (χ1v) is 16.1. The summed E-state index contributed by atoms with van der Waals surface area (Å²) in [5.74, 6) is 0.314. The Morgan fingerprint density at radius 2 is 1.65 bits per heavy atom. The molecule has 0 radical (unpaired) electrons. The van der Waals surface area contributed by atoms with Crippen molar-refractivity contribution in [3.05, 3.63) is 78.4 Å². The first kappa shape index (κ1) is 33.8. The van der Waals surface area contributed by atoms with Crippen LogP contribution < -0.4 is 25.2 Å². The number of carbonyl (C=O) groups excluding carboxylic acids is 1. The first-order valence-electron chi connectivity index (χ1n) is 16.1. The Bertz CT molecular complexity index is 1730. The Balaban J connectivity index is 1.18. The SMILES string of the molecule is COc1ncc(-c2ccc(N(C(=O)N[C@H](C)c3ccccc3)C3CCC(Nc4ncc(C(F)(F)F)c(N5CC(C)(O)C5)n4)CC3)nc2)cn1. The predicted molar refractivity (Wildman–Crippen MR) is 177 cm³/mol. The van der Waals surface area contributed by atoms with Gasteiger partial charge in [-0.2, -0.15) is 18.2 Å². The minimum Gasteiger partial charge on any atom is -0.467 e. The molecular weight excluding hydrogens is 639 g/mol. The van der Waals surface area contributed by atoms with Crippen molar-refractivity contribution in [1.82, 2.24) is 30.2 Å². The molecule has 3 aromatic heterocycles. The Hall–Kier alpha value is -5.05. The molecule has 6 rings (SSSR count). The van der Waals surface area contributed by atoms with Gasteiger partial charge in [-0.3, -0.25) is 4.90 Å². The lowest BCUT2D eigenvalue weighted by atomic mass is 9.90. The number of hydrogen-bond donors (Lipinski definition) is 3. The molecule has 4 aromatic rings. The van der Waals surface area contributed by atoms with Crippen LogP contribution in [0, 0.1) is 0 Å². The van der Waals surface area contributed by atoms with Gasteiger partial charge in [0.1, 0.15) is 17.2 Å². The highest BCUT2D eigenvalue weighted by molar-refractivity contribution is 5.92. The molecule has 258 valence electrons. The van der Waals surface area contributed by atoms with Crippen molar-refractivity contribution in [2.45, 2.75) is 69.4 Å². The highest BCUT2D eigenvalue weighted by Crippen LogP contribution is 2.39. The standard InChI is InChI=1S/C34H38F3N9O3/c1-21(22-7-5-4-6-8-22)42-32(47)46(28-14-9-23(15-38-28)24-16-40-31(49-3)41-17-24)26-12-10-25(11-13-26)43-30-39-18-27(34(35,36)37)29(44-30)45-19-33(2,48)20-45/h4-9,14-18,21,25-26,48H,10-13,19-20H2,1-3H3,(H,42,47)(H,39,43,44)/t21-,25?,26?/m1/s1. The molecule has 1 aromatic carbocycles. The molecule has 2 amide bonds. The van der Waals surface area contributed by atoms with Gasteiger partial charge in [0.05, 0.1) is 18.8 Å². The van der Waals surface area contributed by atoms with Crippen LogP contribution in [0.25, 0.3) is 11.1 Å². The van der Waals surface area contributed by atoms with E-state index in [0.717, 1.165) is 22.9 Å². The number of alkyl halides is 3. The summed E-state index contributed by atoms with van der Waals surface area (Å²) >= 11 is 0. The van der Waals surface area contributed by atoms with Gasteiger partial charge in [-0.25, -0.2) is 24.7 Å². The molecule has 1 aliphatic carbocycles. The molecule has 1 saturated carbocycles. The van der Waals surface area contributed by atoms with E-state index in [1.54, 1.807) is 36.5 Å². The topological polar surface area (TPSA) is 142 Å². The van der Waals surface area contributed by atoms with Crippen molar-refractivity contribution in [2.24, 2.45) is 0 Å². The number of aromatic nitrogens is 5. The van der Waals surface area contributed by atoms with E-state index in [4.69, 9.17) is 4.74 Å². The van der Waals surface area contributed by atoms with Gasteiger partial charge in [-0.1, -0.05) is 30.3 Å². The number of hydrogen-bond acceptors (Lipinski definition) is 10. The maximum absolute atomic E-state index is 13.9. The summed E-state index contributed by atoms with van der Waals surface area (Å²) < 4.78 is 46.3. The van der Waals surface area contributed by atoms with E-state index in [0.29, 0.717) is 31.5 Å². The van der Waals surface area contributed by atoms with Gasteiger partial charge >= 0.3 is 18.2 Å². The number of benzene rings is 1. The number of nitrogens with one attached hydrogen (secondary N) is 2. The van der Waals surface area contributed by atoms with E-state index >= 15 is 0 Å². The normalized spacial score (nSPS) is 19.4. The van der Waals surface area contributed by atoms with Gasteiger partial charge < -0.3 is 25.4 Å². The third kappa shape index (κ3) is 7.82. The van der Waals surface area contributed by atoms with E-state index in [9.17, 15) is 23.1 Å². The molecule has 3 N–H and O–H groups in total. The number of β-amino-alcohol motifs (C(OH)–C–C–N with tert-alkyl or cyclic N) is 1. The van der Waals surface area contributed by atoms with E-state index in [1.807, 2.05) is 43.3 Å². The average molecular weight is 678 g/mol. The zero-order valence-electron chi connectivity index (χ0n) is 27.4. The van der Waals surface area contributed by atoms with Crippen molar-refractivity contribution in [1.29, 1.82) is 0 Å². The predicted octanol–water partition coefficient (Wildman–Crippen LogP) is 5.63. The summed E-state index contributed by atoms with van der Waals surface area (Å²) in [6.07, 6.45) is 3.53. The fourth-order valence-corrected chi connectivity index (χ4v) is 6.28. The van der Waals surface area contributed by atoms with Crippen LogP contribution in [0.1, 0.15) is 56.7 Å². The number of carbonyl (C=O) groups is 1. The van der Waals surface area contributed by atoms with Gasteiger partial charge in [0.25, 0.3) is 0 Å². The summed E-state index contributed by atoms with van der Waals surface area (Å²) in [4.78, 5) is 38.2. The van der Waals surface area contributed by atoms with E-state index in [1.165, 1.54) is 12.0 Å². The van der Waals surface area contributed by atoms with Gasteiger partial charge in [0.2, 0.25) is 5.95 Å². The molecule has 0 unspecified atom stereocenters. The molecule has 4 heterocycles. The molecule has 1 saturated heterocycles. The van der Waals surface area contributed by atoms with E-state index < -0.39 is 17.3 Å². The second-order valence-corrected chi connectivity index (χ2v) is 12.7. The van der Waals surface area contributed by atoms with E-state index in [2.05, 4.69) is 35.6 Å². The molecule has 49 heavy (non-hydrogen) atoms. The maximum Gasteiger partial charge on any atom is 0.421 e. The molecule has 12 nitrogen and oxygen atoms in total. The molecule has 1 atom stereocenters. The highest BCUT2D eigenvalue weighted by Gasteiger charge is 2.43. The number of halogens is 3. The molecule has 2 aliphatic rings. The Morgan fingerprint density at radius 1 is 0.980 bits per heavy atom. The van der Waals surface area contributed by atoms with Crippen LogP contribution in [0.15, 0.2) is 67.3 Å². The zero-order chi connectivity index (χ0) is 34.8. The van der Waals surface area contributed by atoms with Crippen molar-refractivity contribution in [3.63, 3.8) is 0 Å². The average Bonchev–Trinajstić information content (AvgIpc) is 3.08. The van der Waals surface area contributed by atoms with Crippen LogP contribution >= 0.6 is 0 Å². The molecule has 0 bridgehead atoms. The fraction of sp³-hybridized carbons (Fsp3) is 0.412. The van der Waals surface area contributed by atoms with E-state index in [-0.39, 0.29) is 55.0 Å². The van der Waals surface area contributed by atoms with Crippen molar-refractivity contribution in [3.8, 4) is 17.1 Å². The van der Waals surface area contributed by atoms with Crippen LogP contribution in [0.4, 0.5) is 35.5 Å². The summed E-state index contributed by atoms with van der Waals surface area (Å²) in [5, 5.41) is 16.4. The third-order valence-electron chi connectivity index (χ3n) is 8.83. The van der Waals surface area contributed by atoms with Crippen LogP contribution in [-0.2, 0) is 6.18 Å². The lowest BCUT2D eigenvalue weighted by molar-refractivity contribution is -0.137. The van der Waals surface area contributed by atoms with Gasteiger partial charge in [-0.05, 0) is 57.2 Å². The number of urea groups is 1. The number of pyridine rings is 1. The number of methoxy groups -OCH3 is 1. The third-order valence-corrected chi connectivity index (χ3v) is 8.83. The van der Waals surface area contributed by atoms with Crippen LogP contribution in [0.3, 0.4) is 0 Å². The second-order valence-electron chi connectivity index (χ2n) is 12.7. The highest BCUT2D eigenvalue weighted by atomic mass is 19.4. The number of anilines is 3. The van der Waals surface area contributed by atoms with Gasteiger partial charge in [0.15, 0.2) is 0 Å². The summed E-state index contributed by atoms with van der Waals surface area (Å²) in [6, 6.07) is 12.7. The Labute approximate surface area is 281 Å². The molecule has 2 fully saturated rings. The zero-order valence-corrected chi connectivity index (χ0v) is 27.4. The Kier molecular flexibility index (Phi) is 9.54. The number of ether oxygens (including phenoxy) is 1. The second kappa shape index (κ2) is 13.8. The lowest BCUT2D eigenvalue weighted by Crippen LogP contribution is -2.60. The quantitative estimate of drug-likeness (QED) is 0.204. The monoisotopic (exact) mass is 677 g/mol. The minimum absolute atomic E-state index is 0.0430. The van der Waals surface area contributed by atoms with Crippen molar-refractivity contribution >= 4 is 23.6 Å². The maximum atomic E-state index is 13.9. The Morgan fingerprint density at radius 3 is 2.24 bits per heavy atom. The van der Waals surface area contributed by atoms with Crippen LogP contribution in [-0.4, -0.2) is 73.9 Å². The lowest BCUT2D eigenvalue weighted by Gasteiger charge is -2.45. The summed E-state index contributed by atoms with van der Waals surface area (Å²) in [7, 11) is 1.49. The molecule has 15 heteroatoms. The van der Waals surface area contributed by atoms with Crippen LogP contribution in [0.2, 0.25) is 0 Å². The van der Waals surface area contributed by atoms with Gasteiger partial charge in [-0.15, -0.1) is 0 Å². The number of aliphatic hydroxyl groups is 1. The number of amides is 2. The number of nitrogens with zero attached hydrogens (tertiary/aromatic N) is 7. The van der Waals surface area contributed by atoms with Crippen molar-refractivity contribution < 1.29 is 27.8 Å². The van der Waals surface area contributed by atoms with Gasteiger partial charge in [0, 0.05) is 61.1 Å².